The topological polar surface area (TPSA) is 38.0 Å². The standard InChI is InChI=1S/C14H18N2O/c1-10-9-13(16(4)15-10)11-7-5-6-8-12(11)14(2,3)17/h5-9,17H,1-4H3. The van der Waals surface area contributed by atoms with Gasteiger partial charge in [0.1, 0.15) is 0 Å². The first-order chi connectivity index (χ1) is 7.89. The Kier molecular flexibility index (Phi) is 2.79. The molecule has 0 aliphatic rings. The second-order valence-corrected chi connectivity index (χ2v) is 4.90. The van der Waals surface area contributed by atoms with Crippen molar-refractivity contribution in [3.05, 3.63) is 41.6 Å². The van der Waals surface area contributed by atoms with E-state index in [9.17, 15) is 5.11 Å². The van der Waals surface area contributed by atoms with Crippen LogP contribution < -0.4 is 0 Å². The highest BCUT2D eigenvalue weighted by molar-refractivity contribution is 5.65. The minimum absolute atomic E-state index is 0.852. The average molecular weight is 230 g/mol. The van der Waals surface area contributed by atoms with Crippen molar-refractivity contribution in [1.82, 2.24) is 9.78 Å². The number of hydrogen-bond acceptors (Lipinski definition) is 2. The Balaban J connectivity index is 2.64. The molecule has 2 aromatic rings. The first kappa shape index (κ1) is 11.9. The summed E-state index contributed by atoms with van der Waals surface area (Å²) < 4.78 is 1.85. The highest BCUT2D eigenvalue weighted by atomic mass is 16.3. The third kappa shape index (κ3) is 2.24. The highest BCUT2D eigenvalue weighted by Crippen LogP contribution is 2.31. The molecular weight excluding hydrogens is 212 g/mol. The normalized spacial score (nSPS) is 11.8. The van der Waals surface area contributed by atoms with Crippen molar-refractivity contribution in [3.63, 3.8) is 0 Å². The van der Waals surface area contributed by atoms with E-state index >= 15 is 0 Å². The lowest BCUT2D eigenvalue weighted by Gasteiger charge is -2.21. The smallest absolute Gasteiger partial charge is 0.0847 e. The van der Waals surface area contributed by atoms with Crippen molar-refractivity contribution < 1.29 is 5.11 Å². The molecule has 17 heavy (non-hydrogen) atoms. The number of nitrogens with zero attached hydrogens (tertiary/aromatic N) is 2. The molecule has 0 atom stereocenters. The summed E-state index contributed by atoms with van der Waals surface area (Å²) in [6.07, 6.45) is 0. The molecule has 0 radical (unpaired) electrons. The summed E-state index contributed by atoms with van der Waals surface area (Å²) in [6.45, 7) is 5.57. The molecule has 0 bridgehead atoms. The fraction of sp³-hybridized carbons (Fsp3) is 0.357. The van der Waals surface area contributed by atoms with Crippen LogP contribution in [0.5, 0.6) is 0 Å². The lowest BCUT2D eigenvalue weighted by molar-refractivity contribution is 0.0791. The van der Waals surface area contributed by atoms with E-state index in [2.05, 4.69) is 5.10 Å². The van der Waals surface area contributed by atoms with Crippen molar-refractivity contribution in [2.24, 2.45) is 7.05 Å². The van der Waals surface area contributed by atoms with Crippen molar-refractivity contribution in [2.75, 3.05) is 0 Å². The summed E-state index contributed by atoms with van der Waals surface area (Å²) in [5.41, 5.74) is 3.11. The maximum absolute atomic E-state index is 10.2. The van der Waals surface area contributed by atoms with Crippen LogP contribution in [0.4, 0.5) is 0 Å². The summed E-state index contributed by atoms with van der Waals surface area (Å²) in [5.74, 6) is 0. The summed E-state index contributed by atoms with van der Waals surface area (Å²) in [4.78, 5) is 0. The van der Waals surface area contributed by atoms with Crippen molar-refractivity contribution in [3.8, 4) is 11.3 Å². The molecule has 1 aromatic heterocycles. The predicted octanol–water partition coefficient (Wildman–Crippen LogP) is 2.62. The molecular formula is C14H18N2O. The molecule has 2 rings (SSSR count). The van der Waals surface area contributed by atoms with Gasteiger partial charge < -0.3 is 5.11 Å². The fourth-order valence-corrected chi connectivity index (χ4v) is 2.10. The van der Waals surface area contributed by atoms with E-state index in [1.807, 2.05) is 49.0 Å². The lowest BCUT2D eigenvalue weighted by Crippen LogP contribution is -2.17. The van der Waals surface area contributed by atoms with Crippen LogP contribution in [0, 0.1) is 6.92 Å². The summed E-state index contributed by atoms with van der Waals surface area (Å²) in [7, 11) is 1.92. The van der Waals surface area contributed by atoms with Crippen molar-refractivity contribution in [1.29, 1.82) is 0 Å². The molecule has 3 heteroatoms. The molecule has 0 aliphatic carbocycles. The lowest BCUT2D eigenvalue weighted by atomic mass is 9.91. The van der Waals surface area contributed by atoms with Crippen LogP contribution in [0.1, 0.15) is 25.1 Å². The Labute approximate surface area is 102 Å². The van der Waals surface area contributed by atoms with E-state index in [0.717, 1.165) is 22.5 Å². The van der Waals surface area contributed by atoms with E-state index in [1.54, 1.807) is 13.8 Å². The SMILES string of the molecule is Cc1cc(-c2ccccc2C(C)(C)O)n(C)n1. The summed E-state index contributed by atoms with van der Waals surface area (Å²) in [5, 5.41) is 14.5. The summed E-state index contributed by atoms with van der Waals surface area (Å²) >= 11 is 0. The monoisotopic (exact) mass is 230 g/mol. The molecule has 0 amide bonds. The first-order valence-corrected chi connectivity index (χ1v) is 5.72. The third-order valence-corrected chi connectivity index (χ3v) is 2.86. The van der Waals surface area contributed by atoms with E-state index in [1.165, 1.54) is 0 Å². The Morgan fingerprint density at radius 1 is 1.24 bits per heavy atom. The van der Waals surface area contributed by atoms with Crippen LogP contribution >= 0.6 is 0 Å². The maximum atomic E-state index is 10.2. The van der Waals surface area contributed by atoms with Gasteiger partial charge in [-0.1, -0.05) is 24.3 Å². The van der Waals surface area contributed by atoms with Crippen LogP contribution in [0.3, 0.4) is 0 Å². The van der Waals surface area contributed by atoms with Gasteiger partial charge in [-0.3, -0.25) is 4.68 Å². The average Bonchev–Trinajstić information content (AvgIpc) is 2.56. The van der Waals surface area contributed by atoms with E-state index in [-0.39, 0.29) is 0 Å². The zero-order chi connectivity index (χ0) is 12.6. The van der Waals surface area contributed by atoms with Crippen molar-refractivity contribution >= 4 is 0 Å². The van der Waals surface area contributed by atoms with Gasteiger partial charge in [0.15, 0.2) is 0 Å². The Morgan fingerprint density at radius 2 is 1.88 bits per heavy atom. The zero-order valence-corrected chi connectivity index (χ0v) is 10.7. The Bertz CT molecular complexity index is 535. The molecule has 0 saturated carbocycles. The number of aromatic nitrogens is 2. The Hall–Kier alpha value is -1.61. The zero-order valence-electron chi connectivity index (χ0n) is 10.7. The van der Waals surface area contributed by atoms with Gasteiger partial charge in [0.2, 0.25) is 0 Å². The molecule has 0 saturated heterocycles. The van der Waals surface area contributed by atoms with E-state index < -0.39 is 5.60 Å². The number of aryl methyl sites for hydroxylation is 2. The van der Waals surface area contributed by atoms with Crippen LogP contribution in [-0.4, -0.2) is 14.9 Å². The van der Waals surface area contributed by atoms with Crippen LogP contribution in [0.25, 0.3) is 11.3 Å². The highest BCUT2D eigenvalue weighted by Gasteiger charge is 2.21. The maximum Gasteiger partial charge on any atom is 0.0847 e. The minimum Gasteiger partial charge on any atom is -0.386 e. The molecule has 1 N–H and O–H groups in total. The van der Waals surface area contributed by atoms with E-state index in [0.29, 0.717) is 0 Å². The van der Waals surface area contributed by atoms with Gasteiger partial charge in [-0.05, 0) is 32.4 Å². The van der Waals surface area contributed by atoms with Gasteiger partial charge in [-0.2, -0.15) is 5.10 Å². The number of aliphatic hydroxyl groups is 1. The van der Waals surface area contributed by atoms with Gasteiger partial charge in [0, 0.05) is 12.6 Å². The molecule has 0 spiro atoms. The van der Waals surface area contributed by atoms with E-state index in [4.69, 9.17) is 0 Å². The second kappa shape index (κ2) is 4.00. The van der Waals surface area contributed by atoms with Gasteiger partial charge in [-0.15, -0.1) is 0 Å². The minimum atomic E-state index is -0.852. The first-order valence-electron chi connectivity index (χ1n) is 5.72. The predicted molar refractivity (Wildman–Crippen MR) is 68.6 cm³/mol. The van der Waals surface area contributed by atoms with Crippen LogP contribution in [-0.2, 0) is 12.6 Å². The molecule has 3 nitrogen and oxygen atoms in total. The van der Waals surface area contributed by atoms with Crippen LogP contribution in [0.2, 0.25) is 0 Å². The van der Waals surface area contributed by atoms with Gasteiger partial charge >= 0.3 is 0 Å². The quantitative estimate of drug-likeness (QED) is 0.861. The van der Waals surface area contributed by atoms with Gasteiger partial charge in [-0.25, -0.2) is 0 Å². The molecule has 0 aliphatic heterocycles. The third-order valence-electron chi connectivity index (χ3n) is 2.86. The van der Waals surface area contributed by atoms with Crippen LogP contribution in [0.15, 0.2) is 30.3 Å². The molecule has 0 fully saturated rings. The largest absolute Gasteiger partial charge is 0.386 e. The number of benzene rings is 1. The molecule has 0 unspecified atom stereocenters. The fourth-order valence-electron chi connectivity index (χ4n) is 2.10. The number of rotatable bonds is 2. The van der Waals surface area contributed by atoms with Gasteiger partial charge in [0.25, 0.3) is 0 Å². The Morgan fingerprint density at radius 3 is 2.41 bits per heavy atom. The molecule has 90 valence electrons. The summed E-state index contributed by atoms with van der Waals surface area (Å²) in [6, 6.07) is 9.93. The molecule has 1 heterocycles. The molecule has 1 aromatic carbocycles. The van der Waals surface area contributed by atoms with Gasteiger partial charge in [0.05, 0.1) is 17.0 Å². The number of hydrogen-bond donors (Lipinski definition) is 1. The second-order valence-electron chi connectivity index (χ2n) is 4.90. The van der Waals surface area contributed by atoms with Crippen molar-refractivity contribution in [2.45, 2.75) is 26.4 Å².